The highest BCUT2D eigenvalue weighted by atomic mass is 32.1. The lowest BCUT2D eigenvalue weighted by Crippen LogP contribution is -2.21. The van der Waals surface area contributed by atoms with Gasteiger partial charge in [-0.2, -0.15) is 5.26 Å². The normalized spacial score (nSPS) is 12.1. The average Bonchev–Trinajstić information content (AvgIpc) is 3.26. The molecule has 7 heteroatoms. The number of fused-ring (bicyclic) bond motifs is 1. The minimum atomic E-state index is -0.137. The van der Waals surface area contributed by atoms with Crippen LogP contribution in [0.2, 0.25) is 0 Å². The van der Waals surface area contributed by atoms with Crippen LogP contribution in [0.4, 0.5) is 0 Å². The van der Waals surface area contributed by atoms with E-state index >= 15 is 0 Å². The molecule has 2 aromatic carbocycles. The Hall–Kier alpha value is -3.50. The van der Waals surface area contributed by atoms with Gasteiger partial charge in [0.25, 0.3) is 5.91 Å². The Kier molecular flexibility index (Phi) is 5.63. The Morgan fingerprint density at radius 1 is 1.10 bits per heavy atom. The van der Waals surface area contributed by atoms with E-state index in [-0.39, 0.29) is 12.5 Å². The molecule has 1 aromatic heterocycles. The van der Waals surface area contributed by atoms with Gasteiger partial charge in [0.2, 0.25) is 0 Å². The van der Waals surface area contributed by atoms with Crippen LogP contribution in [0, 0.1) is 11.3 Å². The first-order valence-electron chi connectivity index (χ1n) is 9.10. The highest BCUT2D eigenvalue weighted by Crippen LogP contribution is 2.36. The van der Waals surface area contributed by atoms with Crippen molar-refractivity contribution in [3.8, 4) is 33.8 Å². The van der Waals surface area contributed by atoms with E-state index in [0.717, 1.165) is 27.5 Å². The van der Waals surface area contributed by atoms with Crippen molar-refractivity contribution < 1.29 is 19.0 Å². The third-order valence-electron chi connectivity index (χ3n) is 4.31. The van der Waals surface area contributed by atoms with Gasteiger partial charge in [-0.3, -0.25) is 4.79 Å². The Morgan fingerprint density at radius 2 is 1.97 bits per heavy atom. The minimum Gasteiger partial charge on any atom is -0.486 e. The number of amides is 1. The maximum absolute atomic E-state index is 12.5. The van der Waals surface area contributed by atoms with Crippen molar-refractivity contribution in [3.05, 3.63) is 65.0 Å². The monoisotopic (exact) mass is 406 g/mol. The van der Waals surface area contributed by atoms with E-state index in [1.165, 1.54) is 11.3 Å². The summed E-state index contributed by atoms with van der Waals surface area (Å²) in [5.41, 5.74) is 1.89. The maximum Gasteiger partial charge on any atom is 0.261 e. The van der Waals surface area contributed by atoms with Gasteiger partial charge in [0.1, 0.15) is 25.0 Å². The lowest BCUT2D eigenvalue weighted by atomic mass is 10.1. The second-order valence-electron chi connectivity index (χ2n) is 6.30. The van der Waals surface area contributed by atoms with Crippen LogP contribution in [0.25, 0.3) is 10.4 Å². The Bertz CT molecular complexity index is 1070. The van der Waals surface area contributed by atoms with E-state index in [4.69, 9.17) is 19.5 Å². The smallest absolute Gasteiger partial charge is 0.261 e. The van der Waals surface area contributed by atoms with E-state index < -0.39 is 0 Å². The second kappa shape index (κ2) is 8.67. The minimum absolute atomic E-state index is 0.00631. The fourth-order valence-corrected chi connectivity index (χ4v) is 3.86. The number of benzene rings is 2. The van der Waals surface area contributed by atoms with E-state index in [1.54, 1.807) is 6.07 Å². The van der Waals surface area contributed by atoms with Crippen molar-refractivity contribution >= 4 is 17.2 Å². The molecule has 6 nitrogen and oxygen atoms in total. The quantitative estimate of drug-likeness (QED) is 0.669. The number of thiophene rings is 1. The predicted octanol–water partition coefficient (Wildman–Crippen LogP) is 4.02. The summed E-state index contributed by atoms with van der Waals surface area (Å²) in [6, 6.07) is 18.8. The number of ether oxygens (including phenoxy) is 3. The molecule has 0 saturated carbocycles. The maximum atomic E-state index is 12.5. The molecular formula is C22H18N2O4S. The fraction of sp³-hybridized carbons (Fsp3) is 0.182. The summed E-state index contributed by atoms with van der Waals surface area (Å²) >= 11 is 1.42. The van der Waals surface area contributed by atoms with Crippen molar-refractivity contribution in [2.75, 3.05) is 19.8 Å². The summed E-state index contributed by atoms with van der Waals surface area (Å²) < 4.78 is 16.5. The van der Waals surface area contributed by atoms with Crippen LogP contribution >= 0.6 is 11.3 Å². The van der Waals surface area contributed by atoms with E-state index in [0.29, 0.717) is 30.4 Å². The first-order chi connectivity index (χ1) is 14.2. The number of carbonyl (C=O) groups excluding carboxylic acids is 1. The predicted molar refractivity (Wildman–Crippen MR) is 109 cm³/mol. The van der Waals surface area contributed by atoms with Crippen molar-refractivity contribution in [2.24, 2.45) is 0 Å². The van der Waals surface area contributed by atoms with Gasteiger partial charge in [-0.05, 0) is 53.6 Å². The Morgan fingerprint density at radius 3 is 2.83 bits per heavy atom. The zero-order valence-electron chi connectivity index (χ0n) is 15.5. The van der Waals surface area contributed by atoms with Crippen LogP contribution in [0.3, 0.4) is 0 Å². The second-order valence-corrected chi connectivity index (χ2v) is 7.38. The summed E-state index contributed by atoms with van der Waals surface area (Å²) in [6.45, 7) is 1.47. The molecule has 0 aliphatic carbocycles. The summed E-state index contributed by atoms with van der Waals surface area (Å²) in [5, 5.41) is 11.5. The van der Waals surface area contributed by atoms with Gasteiger partial charge in [-0.25, -0.2) is 0 Å². The average molecular weight is 406 g/mol. The van der Waals surface area contributed by atoms with Crippen molar-refractivity contribution in [2.45, 2.75) is 6.54 Å². The molecule has 0 unspecified atom stereocenters. The molecule has 0 radical (unpaired) electrons. The van der Waals surface area contributed by atoms with Gasteiger partial charge in [0.05, 0.1) is 4.88 Å². The van der Waals surface area contributed by atoms with Crippen LogP contribution in [0.1, 0.15) is 15.2 Å². The molecule has 1 aliphatic heterocycles. The van der Waals surface area contributed by atoms with Gasteiger partial charge in [-0.1, -0.05) is 12.1 Å². The number of nitrogens with zero attached hydrogens (tertiary/aromatic N) is 1. The number of hydrogen-bond donors (Lipinski definition) is 1. The van der Waals surface area contributed by atoms with E-state index in [9.17, 15) is 4.79 Å². The van der Waals surface area contributed by atoms with Gasteiger partial charge < -0.3 is 19.5 Å². The SMILES string of the molecule is N#CCOc1cccc(CNC(=O)c2ccc(-c3ccc4c(c3)OCCO4)s2)c1. The molecule has 0 bridgehead atoms. The van der Waals surface area contributed by atoms with Gasteiger partial charge in [0.15, 0.2) is 18.1 Å². The van der Waals surface area contributed by atoms with Crippen LogP contribution in [-0.4, -0.2) is 25.7 Å². The van der Waals surface area contributed by atoms with Gasteiger partial charge in [-0.15, -0.1) is 11.3 Å². The van der Waals surface area contributed by atoms with Crippen LogP contribution < -0.4 is 19.5 Å². The third kappa shape index (κ3) is 4.50. The molecule has 4 rings (SSSR count). The molecule has 0 fully saturated rings. The molecule has 1 amide bonds. The highest BCUT2D eigenvalue weighted by Gasteiger charge is 2.15. The molecule has 0 saturated heterocycles. The van der Waals surface area contributed by atoms with Gasteiger partial charge in [0, 0.05) is 11.4 Å². The highest BCUT2D eigenvalue weighted by molar-refractivity contribution is 7.17. The van der Waals surface area contributed by atoms with Crippen molar-refractivity contribution in [1.29, 1.82) is 5.26 Å². The zero-order valence-corrected chi connectivity index (χ0v) is 16.3. The zero-order chi connectivity index (χ0) is 20.1. The molecule has 29 heavy (non-hydrogen) atoms. The summed E-state index contributed by atoms with van der Waals surface area (Å²) in [4.78, 5) is 14.1. The summed E-state index contributed by atoms with van der Waals surface area (Å²) in [6.07, 6.45) is 0. The first-order valence-corrected chi connectivity index (χ1v) is 9.91. The van der Waals surface area contributed by atoms with Crippen molar-refractivity contribution in [1.82, 2.24) is 5.32 Å². The molecule has 0 spiro atoms. The van der Waals surface area contributed by atoms with Crippen LogP contribution in [0.15, 0.2) is 54.6 Å². The molecule has 1 aliphatic rings. The molecule has 0 atom stereocenters. The molecule has 146 valence electrons. The van der Waals surface area contributed by atoms with Crippen LogP contribution in [0.5, 0.6) is 17.2 Å². The van der Waals surface area contributed by atoms with Crippen molar-refractivity contribution in [3.63, 3.8) is 0 Å². The first kappa shape index (κ1) is 18.8. The number of hydrogen-bond acceptors (Lipinski definition) is 6. The summed E-state index contributed by atoms with van der Waals surface area (Å²) in [5.74, 6) is 1.94. The number of nitrogens with one attached hydrogen (secondary N) is 1. The topological polar surface area (TPSA) is 80.6 Å². The lowest BCUT2D eigenvalue weighted by molar-refractivity contribution is 0.0955. The fourth-order valence-electron chi connectivity index (χ4n) is 2.94. The lowest BCUT2D eigenvalue weighted by Gasteiger charge is -2.18. The number of rotatable bonds is 6. The van der Waals surface area contributed by atoms with Crippen LogP contribution in [-0.2, 0) is 6.54 Å². The molecule has 1 N–H and O–H groups in total. The van der Waals surface area contributed by atoms with E-state index in [2.05, 4.69) is 5.32 Å². The Labute approximate surface area is 172 Å². The number of nitriles is 1. The molecule has 3 aromatic rings. The summed E-state index contributed by atoms with van der Waals surface area (Å²) in [7, 11) is 0. The standard InChI is InChI=1S/C22H18N2O4S/c23-8-9-26-17-3-1-2-15(12-17)14-24-22(25)21-7-6-20(29-21)16-4-5-18-19(13-16)28-11-10-27-18/h1-7,12-13H,9-11,14H2,(H,24,25). The van der Waals surface area contributed by atoms with Gasteiger partial charge >= 0.3 is 0 Å². The van der Waals surface area contributed by atoms with E-state index in [1.807, 2.05) is 54.6 Å². The Balaban J connectivity index is 1.41. The molecular weight excluding hydrogens is 388 g/mol. The third-order valence-corrected chi connectivity index (χ3v) is 5.44. The largest absolute Gasteiger partial charge is 0.486 e. The molecule has 2 heterocycles. The number of carbonyl (C=O) groups is 1.